The number of anilines is 1. The average molecular weight is 627 g/mol. The number of rotatable bonds is 13. The lowest BCUT2D eigenvalue weighted by Gasteiger charge is -2.27. The maximum absolute atomic E-state index is 13.5. The molecule has 0 spiro atoms. The molecular formula is C37H46N4O5. The van der Waals surface area contributed by atoms with Crippen molar-refractivity contribution in [3.8, 4) is 11.1 Å². The number of amides is 2. The van der Waals surface area contributed by atoms with Crippen LogP contribution in [0.15, 0.2) is 72.9 Å². The number of aromatic amines is 1. The molecule has 0 fully saturated rings. The van der Waals surface area contributed by atoms with Crippen molar-refractivity contribution in [3.63, 3.8) is 0 Å². The van der Waals surface area contributed by atoms with E-state index in [9.17, 15) is 14.7 Å². The number of nitrogens with one attached hydrogen (secondary N) is 3. The van der Waals surface area contributed by atoms with E-state index in [2.05, 4.69) is 39.9 Å². The second-order valence-corrected chi connectivity index (χ2v) is 13.0. The number of H-pyrrole nitrogens is 1. The zero-order valence-electron chi connectivity index (χ0n) is 27.0. The summed E-state index contributed by atoms with van der Waals surface area (Å²) in [5.41, 5.74) is 11.9. The number of unbranched alkanes of at least 4 members (excludes halogenated alkanes) is 3. The number of fused-ring (bicyclic) bond motifs is 4. The van der Waals surface area contributed by atoms with Crippen molar-refractivity contribution in [2.45, 2.75) is 70.4 Å². The summed E-state index contributed by atoms with van der Waals surface area (Å²) in [6.45, 7) is 6.19. The van der Waals surface area contributed by atoms with Crippen molar-refractivity contribution in [3.05, 3.63) is 89.6 Å². The Hall–Kier alpha value is -4.34. The van der Waals surface area contributed by atoms with Crippen LogP contribution < -0.4 is 16.4 Å². The molecule has 1 aliphatic rings. The van der Waals surface area contributed by atoms with Crippen molar-refractivity contribution in [2.75, 3.05) is 25.1 Å². The highest BCUT2D eigenvalue weighted by Gasteiger charge is 2.31. The smallest absolute Gasteiger partial charge is 0.412 e. The number of carbonyl (C=O) groups is 2. The van der Waals surface area contributed by atoms with Gasteiger partial charge in [0.15, 0.2) is 0 Å². The first-order valence-electron chi connectivity index (χ1n) is 16.2. The van der Waals surface area contributed by atoms with E-state index in [1.807, 2.05) is 63.4 Å². The first-order valence-corrected chi connectivity index (χ1v) is 16.2. The molecule has 1 heterocycles. The summed E-state index contributed by atoms with van der Waals surface area (Å²) in [7, 11) is 0. The van der Waals surface area contributed by atoms with Gasteiger partial charge in [-0.3, -0.25) is 5.32 Å². The molecule has 2 amide bonds. The van der Waals surface area contributed by atoms with Crippen molar-refractivity contribution in [1.29, 1.82) is 0 Å². The minimum atomic E-state index is -0.616. The monoisotopic (exact) mass is 626 g/mol. The van der Waals surface area contributed by atoms with Gasteiger partial charge in [0, 0.05) is 46.8 Å². The van der Waals surface area contributed by atoms with Crippen molar-refractivity contribution >= 4 is 28.8 Å². The standard InChI is InChI=1S/C37H46N4O5/c1-37(2,3)46-36(44)40-25-17-18-30-31(21-39-33(30)20-25)34(24(22-42)12-6-4-5-11-19-38)41-35(43)45-23-32-28-15-9-7-13-26(28)27-14-8-10-16-29(27)32/h7-10,13-18,20-21,24,32,34,39,42H,4-6,11-12,19,22-23,38H2,1-3H3,(H,40,44)(H,41,43)/t24-,34+/m1/s1. The number of nitrogens with two attached hydrogens (primary N) is 1. The minimum Gasteiger partial charge on any atom is -0.449 e. The van der Waals surface area contributed by atoms with Crippen LogP contribution in [-0.2, 0) is 9.47 Å². The molecule has 2 atom stereocenters. The van der Waals surface area contributed by atoms with Crippen molar-refractivity contribution < 1.29 is 24.2 Å². The van der Waals surface area contributed by atoms with Crippen LogP contribution in [0.3, 0.4) is 0 Å². The van der Waals surface area contributed by atoms with E-state index in [1.165, 1.54) is 11.1 Å². The summed E-state index contributed by atoms with van der Waals surface area (Å²) in [4.78, 5) is 29.1. The van der Waals surface area contributed by atoms with Crippen LogP contribution >= 0.6 is 0 Å². The number of ether oxygens (including phenoxy) is 2. The minimum absolute atomic E-state index is 0.0585. The van der Waals surface area contributed by atoms with E-state index in [0.29, 0.717) is 12.2 Å². The van der Waals surface area contributed by atoms with E-state index in [1.54, 1.807) is 6.07 Å². The Morgan fingerprint density at radius 2 is 1.61 bits per heavy atom. The number of hydrogen-bond donors (Lipinski definition) is 5. The van der Waals surface area contributed by atoms with E-state index < -0.39 is 23.8 Å². The Morgan fingerprint density at radius 1 is 0.935 bits per heavy atom. The summed E-state index contributed by atoms with van der Waals surface area (Å²) < 4.78 is 11.3. The third kappa shape index (κ3) is 7.89. The van der Waals surface area contributed by atoms with Crippen LogP contribution in [0.2, 0.25) is 0 Å². The highest BCUT2D eigenvalue weighted by molar-refractivity contribution is 5.92. The lowest BCUT2D eigenvalue weighted by atomic mass is 9.88. The van der Waals surface area contributed by atoms with Gasteiger partial charge in [-0.2, -0.15) is 0 Å². The molecule has 244 valence electrons. The van der Waals surface area contributed by atoms with Gasteiger partial charge >= 0.3 is 12.2 Å². The Bertz CT molecular complexity index is 1600. The molecule has 46 heavy (non-hydrogen) atoms. The van der Waals surface area contributed by atoms with Gasteiger partial charge in [0.05, 0.1) is 6.04 Å². The Labute approximate surface area is 270 Å². The van der Waals surface area contributed by atoms with E-state index in [4.69, 9.17) is 15.2 Å². The predicted molar refractivity (Wildman–Crippen MR) is 182 cm³/mol. The molecule has 9 heteroatoms. The maximum Gasteiger partial charge on any atom is 0.412 e. The highest BCUT2D eigenvalue weighted by Crippen LogP contribution is 2.44. The number of hydrogen-bond acceptors (Lipinski definition) is 6. The van der Waals surface area contributed by atoms with Crippen LogP contribution in [0.1, 0.15) is 81.5 Å². The highest BCUT2D eigenvalue weighted by atomic mass is 16.6. The fourth-order valence-electron chi connectivity index (χ4n) is 6.39. The van der Waals surface area contributed by atoms with Gasteiger partial charge < -0.3 is 30.6 Å². The Balaban J connectivity index is 1.34. The van der Waals surface area contributed by atoms with Gasteiger partial charge in [0.2, 0.25) is 0 Å². The van der Waals surface area contributed by atoms with Crippen LogP contribution in [-0.4, -0.2) is 47.6 Å². The molecule has 0 unspecified atom stereocenters. The lowest BCUT2D eigenvalue weighted by molar-refractivity contribution is 0.0635. The quantitative estimate of drug-likeness (QED) is 0.0968. The van der Waals surface area contributed by atoms with Gasteiger partial charge in [-0.25, -0.2) is 9.59 Å². The summed E-state index contributed by atoms with van der Waals surface area (Å²) >= 11 is 0. The fraction of sp³-hybridized carbons (Fsp3) is 0.405. The SMILES string of the molecule is CC(C)(C)OC(=O)Nc1ccc2c([C@@H](NC(=O)OCC3c4ccccc4-c4ccccc43)[C@@H](CO)CCCCCCN)c[nH]c2c1. The molecule has 0 saturated carbocycles. The normalized spacial score (nSPS) is 13.9. The summed E-state index contributed by atoms with van der Waals surface area (Å²) in [5.74, 6) is -0.298. The Kier molecular flexibility index (Phi) is 10.7. The van der Waals surface area contributed by atoms with Crippen molar-refractivity contribution in [1.82, 2.24) is 10.3 Å². The topological polar surface area (TPSA) is 139 Å². The van der Waals surface area contributed by atoms with E-state index >= 15 is 0 Å². The maximum atomic E-state index is 13.5. The van der Waals surface area contributed by atoms with Crippen LogP contribution in [0.25, 0.3) is 22.0 Å². The van der Waals surface area contributed by atoms with Crippen LogP contribution in [0.4, 0.5) is 15.3 Å². The largest absolute Gasteiger partial charge is 0.449 e. The zero-order valence-corrected chi connectivity index (χ0v) is 27.0. The summed E-state index contributed by atoms with van der Waals surface area (Å²) in [6.07, 6.45) is 5.40. The van der Waals surface area contributed by atoms with Gasteiger partial charge in [-0.05, 0) is 74.5 Å². The predicted octanol–water partition coefficient (Wildman–Crippen LogP) is 7.61. The molecule has 5 rings (SSSR count). The summed E-state index contributed by atoms with van der Waals surface area (Å²) in [5, 5.41) is 17.3. The molecule has 3 aromatic carbocycles. The molecule has 0 bridgehead atoms. The third-order valence-electron chi connectivity index (χ3n) is 8.55. The number of alkyl carbamates (subject to hydrolysis) is 1. The molecule has 1 aliphatic carbocycles. The fourth-order valence-corrected chi connectivity index (χ4v) is 6.39. The average Bonchev–Trinajstić information content (AvgIpc) is 3.59. The molecule has 9 nitrogen and oxygen atoms in total. The molecule has 0 aliphatic heterocycles. The van der Waals surface area contributed by atoms with Gasteiger partial charge in [-0.1, -0.05) is 73.9 Å². The second-order valence-electron chi connectivity index (χ2n) is 13.0. The molecule has 4 aromatic rings. The second kappa shape index (κ2) is 14.8. The first-order chi connectivity index (χ1) is 22.2. The van der Waals surface area contributed by atoms with Crippen molar-refractivity contribution in [2.24, 2.45) is 11.7 Å². The molecular weight excluding hydrogens is 580 g/mol. The molecule has 0 radical (unpaired) electrons. The third-order valence-corrected chi connectivity index (χ3v) is 8.55. The van der Waals surface area contributed by atoms with Gasteiger partial charge in [0.25, 0.3) is 0 Å². The number of aromatic nitrogens is 1. The van der Waals surface area contributed by atoms with Crippen LogP contribution in [0, 0.1) is 5.92 Å². The van der Waals surface area contributed by atoms with E-state index in [-0.39, 0.29) is 25.0 Å². The summed E-state index contributed by atoms with van der Waals surface area (Å²) in [6, 6.07) is 21.5. The number of aliphatic hydroxyl groups is 1. The number of aliphatic hydroxyl groups excluding tert-OH is 1. The molecule has 0 saturated heterocycles. The zero-order chi connectivity index (χ0) is 32.7. The Morgan fingerprint density at radius 3 is 2.26 bits per heavy atom. The number of carbonyl (C=O) groups excluding carboxylic acids is 2. The van der Waals surface area contributed by atoms with Crippen LogP contribution in [0.5, 0.6) is 0 Å². The lowest BCUT2D eigenvalue weighted by Crippen LogP contribution is -2.36. The molecule has 1 aromatic heterocycles. The number of benzene rings is 3. The molecule has 6 N–H and O–H groups in total. The first kappa shape index (κ1) is 33.0. The van der Waals surface area contributed by atoms with Gasteiger partial charge in [-0.15, -0.1) is 0 Å². The van der Waals surface area contributed by atoms with Gasteiger partial charge in [0.1, 0.15) is 12.2 Å². The van der Waals surface area contributed by atoms with E-state index in [0.717, 1.165) is 59.7 Å².